The lowest BCUT2D eigenvalue weighted by Crippen LogP contribution is -2.13. The molecule has 17 heavy (non-hydrogen) atoms. The van der Waals surface area contributed by atoms with E-state index in [0.29, 0.717) is 0 Å². The summed E-state index contributed by atoms with van der Waals surface area (Å²) in [5.74, 6) is 0. The van der Waals surface area contributed by atoms with Gasteiger partial charge in [-0.25, -0.2) is 0 Å². The van der Waals surface area contributed by atoms with Crippen LogP contribution in [0.2, 0.25) is 0 Å². The van der Waals surface area contributed by atoms with Gasteiger partial charge in [0.2, 0.25) is 0 Å². The van der Waals surface area contributed by atoms with Gasteiger partial charge in [0.25, 0.3) is 0 Å². The van der Waals surface area contributed by atoms with Gasteiger partial charge in [0.1, 0.15) is 0 Å². The number of aryl methyl sites for hydroxylation is 2. The minimum absolute atomic E-state index is 0.0825. The first-order chi connectivity index (χ1) is 8.04. The van der Waals surface area contributed by atoms with Gasteiger partial charge in [-0.3, -0.25) is 0 Å². The molecule has 0 bridgehead atoms. The van der Waals surface area contributed by atoms with Gasteiger partial charge in [-0.2, -0.15) is 0 Å². The highest BCUT2D eigenvalue weighted by Crippen LogP contribution is 2.25. The van der Waals surface area contributed by atoms with E-state index in [0.717, 1.165) is 10.9 Å². The normalized spacial score (nSPS) is 12.7. The smallest absolute Gasteiger partial charge is 0.0343 e. The molecule has 90 valence electrons. The lowest BCUT2D eigenvalue weighted by molar-refractivity contribution is 0.728. The number of hydrogen-bond donors (Lipinski definition) is 1. The van der Waals surface area contributed by atoms with Crippen molar-refractivity contribution in [2.75, 3.05) is 0 Å². The van der Waals surface area contributed by atoms with E-state index in [1.54, 1.807) is 11.3 Å². The zero-order chi connectivity index (χ0) is 12.4. The summed E-state index contributed by atoms with van der Waals surface area (Å²) in [6.07, 6.45) is 0.902. The van der Waals surface area contributed by atoms with Crippen LogP contribution in [-0.4, -0.2) is 0 Å². The highest BCUT2D eigenvalue weighted by Gasteiger charge is 2.09. The molecule has 1 atom stereocenters. The van der Waals surface area contributed by atoms with Gasteiger partial charge in [0.15, 0.2) is 0 Å². The van der Waals surface area contributed by atoms with Crippen LogP contribution in [0.4, 0.5) is 0 Å². The van der Waals surface area contributed by atoms with Crippen molar-refractivity contribution >= 4 is 27.3 Å². The van der Waals surface area contributed by atoms with E-state index in [1.165, 1.54) is 21.6 Å². The number of nitrogens with two attached hydrogens (primary N) is 1. The van der Waals surface area contributed by atoms with E-state index in [-0.39, 0.29) is 6.04 Å². The Balaban J connectivity index is 2.16. The van der Waals surface area contributed by atoms with Crippen molar-refractivity contribution in [2.45, 2.75) is 26.3 Å². The van der Waals surface area contributed by atoms with Gasteiger partial charge in [-0.05, 0) is 41.4 Å². The van der Waals surface area contributed by atoms with Crippen LogP contribution in [-0.2, 0) is 6.42 Å². The topological polar surface area (TPSA) is 26.0 Å². The number of rotatable bonds is 3. The second-order valence-corrected chi connectivity index (χ2v) is 6.37. The van der Waals surface area contributed by atoms with E-state index in [9.17, 15) is 0 Å². The Morgan fingerprint density at radius 3 is 2.35 bits per heavy atom. The standard InChI is InChI=1S/C14H16BrNS/c1-9-3-10(2)5-11(4-9)14(16)7-13-6-12(15)8-17-13/h3-6,8,14H,7,16H2,1-2H3. The van der Waals surface area contributed by atoms with Crippen LogP contribution in [0.3, 0.4) is 0 Å². The van der Waals surface area contributed by atoms with Crippen molar-refractivity contribution in [3.05, 3.63) is 55.7 Å². The fourth-order valence-electron chi connectivity index (χ4n) is 2.02. The molecule has 2 rings (SSSR count). The molecular weight excluding hydrogens is 294 g/mol. The quantitative estimate of drug-likeness (QED) is 0.895. The third-order valence-corrected chi connectivity index (χ3v) is 4.43. The van der Waals surface area contributed by atoms with E-state index < -0.39 is 0 Å². The van der Waals surface area contributed by atoms with Crippen molar-refractivity contribution in [1.82, 2.24) is 0 Å². The highest BCUT2D eigenvalue weighted by molar-refractivity contribution is 9.10. The molecule has 1 aromatic carbocycles. The molecule has 1 heterocycles. The molecule has 0 amide bonds. The minimum Gasteiger partial charge on any atom is -0.324 e. The maximum Gasteiger partial charge on any atom is 0.0343 e. The van der Waals surface area contributed by atoms with E-state index >= 15 is 0 Å². The Hall–Kier alpha value is -0.640. The second kappa shape index (κ2) is 5.34. The van der Waals surface area contributed by atoms with E-state index in [1.807, 2.05) is 0 Å². The van der Waals surface area contributed by atoms with Gasteiger partial charge in [0, 0.05) is 27.2 Å². The lowest BCUT2D eigenvalue weighted by atomic mass is 9.99. The Kier molecular flexibility index (Phi) is 4.02. The second-order valence-electron chi connectivity index (χ2n) is 4.46. The highest BCUT2D eigenvalue weighted by atomic mass is 79.9. The molecule has 0 fully saturated rings. The molecule has 1 nitrogen and oxygen atoms in total. The zero-order valence-corrected chi connectivity index (χ0v) is 12.4. The van der Waals surface area contributed by atoms with Crippen LogP contribution in [0.5, 0.6) is 0 Å². The predicted molar refractivity (Wildman–Crippen MR) is 78.6 cm³/mol. The van der Waals surface area contributed by atoms with Crippen molar-refractivity contribution < 1.29 is 0 Å². The molecule has 0 aliphatic heterocycles. The molecule has 0 aliphatic rings. The number of halogens is 1. The summed E-state index contributed by atoms with van der Waals surface area (Å²) in [5, 5.41) is 2.10. The average Bonchev–Trinajstić information content (AvgIpc) is 2.62. The lowest BCUT2D eigenvalue weighted by Gasteiger charge is -2.12. The predicted octanol–water partition coefficient (Wildman–Crippen LogP) is 4.37. The molecule has 1 aromatic heterocycles. The molecule has 0 spiro atoms. The Bertz CT molecular complexity index is 498. The first-order valence-corrected chi connectivity index (χ1v) is 7.28. The monoisotopic (exact) mass is 309 g/mol. The summed E-state index contributed by atoms with van der Waals surface area (Å²) < 4.78 is 1.14. The van der Waals surface area contributed by atoms with Crippen LogP contribution < -0.4 is 5.73 Å². The molecule has 0 saturated heterocycles. The zero-order valence-electron chi connectivity index (χ0n) is 10.0. The molecule has 0 radical (unpaired) electrons. The van der Waals surface area contributed by atoms with Crippen LogP contribution in [0.1, 0.15) is 27.6 Å². The maximum absolute atomic E-state index is 6.27. The van der Waals surface area contributed by atoms with Crippen molar-refractivity contribution in [3.8, 4) is 0 Å². The molecule has 2 N–H and O–H groups in total. The number of benzene rings is 1. The molecular formula is C14H16BrNS. The fourth-order valence-corrected chi connectivity index (χ4v) is 3.53. The summed E-state index contributed by atoms with van der Waals surface area (Å²) in [5.41, 5.74) is 10.1. The molecule has 3 heteroatoms. The summed E-state index contributed by atoms with van der Waals surface area (Å²) in [4.78, 5) is 1.32. The van der Waals surface area contributed by atoms with Gasteiger partial charge < -0.3 is 5.73 Å². The Morgan fingerprint density at radius 2 is 1.82 bits per heavy atom. The number of hydrogen-bond acceptors (Lipinski definition) is 2. The average molecular weight is 310 g/mol. The van der Waals surface area contributed by atoms with Gasteiger partial charge in [0.05, 0.1) is 0 Å². The third-order valence-electron chi connectivity index (χ3n) is 2.72. The first kappa shape index (κ1) is 12.8. The minimum atomic E-state index is 0.0825. The molecule has 0 saturated carbocycles. The van der Waals surface area contributed by atoms with Gasteiger partial charge in [-0.1, -0.05) is 29.3 Å². The van der Waals surface area contributed by atoms with Crippen molar-refractivity contribution in [1.29, 1.82) is 0 Å². The van der Waals surface area contributed by atoms with Crippen LogP contribution in [0.15, 0.2) is 34.1 Å². The maximum atomic E-state index is 6.27. The van der Waals surface area contributed by atoms with E-state index in [4.69, 9.17) is 5.73 Å². The van der Waals surface area contributed by atoms with Crippen molar-refractivity contribution in [2.24, 2.45) is 5.73 Å². The Labute approximate surface area is 115 Å². The van der Waals surface area contributed by atoms with Crippen LogP contribution in [0.25, 0.3) is 0 Å². The summed E-state index contributed by atoms with van der Waals surface area (Å²) in [7, 11) is 0. The fraction of sp³-hybridized carbons (Fsp3) is 0.286. The largest absolute Gasteiger partial charge is 0.324 e. The first-order valence-electron chi connectivity index (χ1n) is 5.61. The summed E-state index contributed by atoms with van der Waals surface area (Å²) >= 11 is 5.23. The van der Waals surface area contributed by atoms with Crippen LogP contribution >= 0.6 is 27.3 Å². The summed E-state index contributed by atoms with van der Waals surface area (Å²) in [6.45, 7) is 4.23. The SMILES string of the molecule is Cc1cc(C)cc(C(N)Cc2cc(Br)cs2)c1. The third kappa shape index (κ3) is 3.41. The number of thiophene rings is 1. The molecule has 1 unspecified atom stereocenters. The molecule has 2 aromatic rings. The van der Waals surface area contributed by atoms with Gasteiger partial charge >= 0.3 is 0 Å². The van der Waals surface area contributed by atoms with E-state index in [2.05, 4.69) is 59.4 Å². The Morgan fingerprint density at radius 1 is 1.18 bits per heavy atom. The van der Waals surface area contributed by atoms with Gasteiger partial charge in [-0.15, -0.1) is 11.3 Å². The van der Waals surface area contributed by atoms with Crippen molar-refractivity contribution in [3.63, 3.8) is 0 Å². The van der Waals surface area contributed by atoms with Crippen LogP contribution in [0, 0.1) is 13.8 Å². The molecule has 0 aliphatic carbocycles. The summed E-state index contributed by atoms with van der Waals surface area (Å²) in [6, 6.07) is 8.77.